The number of benzene rings is 1. The van der Waals surface area contributed by atoms with Crippen LogP contribution in [0.4, 0.5) is 5.69 Å². The number of aromatic nitrogens is 3. The van der Waals surface area contributed by atoms with Gasteiger partial charge < -0.3 is 20.5 Å². The lowest BCUT2D eigenvalue weighted by atomic mass is 9.93. The summed E-state index contributed by atoms with van der Waals surface area (Å²) in [6.07, 6.45) is 3.10. The van der Waals surface area contributed by atoms with Crippen molar-refractivity contribution in [2.45, 2.75) is 25.3 Å². The Morgan fingerprint density at radius 1 is 1.11 bits per heavy atom. The Hall–Kier alpha value is -3.42. The third-order valence-electron chi connectivity index (χ3n) is 5.01. The van der Waals surface area contributed by atoms with Crippen LogP contribution in [0.25, 0.3) is 22.0 Å². The summed E-state index contributed by atoms with van der Waals surface area (Å²) in [7, 11) is 3.08. The van der Waals surface area contributed by atoms with Gasteiger partial charge in [-0.15, -0.1) is 10.2 Å². The molecule has 2 heterocycles. The van der Waals surface area contributed by atoms with Crippen LogP contribution in [0.2, 0.25) is 0 Å². The van der Waals surface area contributed by atoms with Crippen molar-refractivity contribution >= 4 is 22.5 Å². The largest absolute Gasteiger partial charge is 0.481 e. The fourth-order valence-corrected chi connectivity index (χ4v) is 3.24. The second-order valence-corrected chi connectivity index (χ2v) is 6.68. The van der Waals surface area contributed by atoms with Gasteiger partial charge in [0.2, 0.25) is 11.8 Å². The summed E-state index contributed by atoms with van der Waals surface area (Å²) < 4.78 is 10.6. The van der Waals surface area contributed by atoms with E-state index in [4.69, 9.17) is 15.2 Å². The van der Waals surface area contributed by atoms with E-state index in [0.29, 0.717) is 28.4 Å². The van der Waals surface area contributed by atoms with E-state index >= 15 is 0 Å². The first kappa shape index (κ1) is 18.0. The molecule has 8 heteroatoms. The maximum atomic E-state index is 12.5. The minimum Gasteiger partial charge on any atom is -0.481 e. The predicted octanol–water partition coefficient (Wildman–Crippen LogP) is 2.57. The van der Waals surface area contributed by atoms with Gasteiger partial charge in [0.1, 0.15) is 5.52 Å². The van der Waals surface area contributed by atoms with Gasteiger partial charge in [-0.1, -0.05) is 18.2 Å². The molecule has 3 N–H and O–H groups in total. The average molecular weight is 379 g/mol. The SMILES string of the molecule is COc1ccc(-c2cccc3c(N)c(C(=O)NC4CCC4)nnc23)c(OC)n1. The summed E-state index contributed by atoms with van der Waals surface area (Å²) in [5, 5.41) is 12.0. The zero-order valence-corrected chi connectivity index (χ0v) is 15.7. The molecule has 1 aliphatic carbocycles. The van der Waals surface area contributed by atoms with E-state index < -0.39 is 0 Å². The Labute approximate surface area is 162 Å². The highest BCUT2D eigenvalue weighted by atomic mass is 16.5. The fraction of sp³-hybridized carbons (Fsp3) is 0.300. The minimum atomic E-state index is -0.286. The number of amides is 1. The summed E-state index contributed by atoms with van der Waals surface area (Å²) in [5.41, 5.74) is 8.81. The molecule has 1 fully saturated rings. The number of pyridine rings is 1. The second kappa shape index (κ2) is 7.30. The molecule has 3 aromatic rings. The highest BCUT2D eigenvalue weighted by Crippen LogP contribution is 2.36. The van der Waals surface area contributed by atoms with Crippen LogP contribution in [0.3, 0.4) is 0 Å². The molecule has 2 aromatic heterocycles. The van der Waals surface area contributed by atoms with Crippen molar-refractivity contribution < 1.29 is 14.3 Å². The maximum absolute atomic E-state index is 12.5. The summed E-state index contributed by atoms with van der Waals surface area (Å²) >= 11 is 0. The normalized spacial score (nSPS) is 13.8. The monoisotopic (exact) mass is 379 g/mol. The van der Waals surface area contributed by atoms with E-state index in [-0.39, 0.29) is 17.6 Å². The lowest BCUT2D eigenvalue weighted by Crippen LogP contribution is -2.40. The summed E-state index contributed by atoms with van der Waals surface area (Å²) in [5.74, 6) is 0.561. The Kier molecular flexibility index (Phi) is 4.68. The zero-order valence-electron chi connectivity index (χ0n) is 15.7. The molecule has 1 aliphatic rings. The molecule has 0 spiro atoms. The summed E-state index contributed by atoms with van der Waals surface area (Å²) in [6, 6.07) is 9.35. The summed E-state index contributed by atoms with van der Waals surface area (Å²) in [4.78, 5) is 16.8. The molecule has 28 heavy (non-hydrogen) atoms. The van der Waals surface area contributed by atoms with Gasteiger partial charge in [-0.25, -0.2) is 0 Å². The topological polar surface area (TPSA) is 112 Å². The van der Waals surface area contributed by atoms with E-state index in [1.165, 1.54) is 0 Å². The van der Waals surface area contributed by atoms with E-state index in [0.717, 1.165) is 30.4 Å². The molecule has 1 saturated carbocycles. The molecular formula is C20H21N5O3. The standard InChI is InChI=1S/C20H21N5O3/c1-27-15-10-9-13(20(23-15)28-2)12-7-4-8-14-16(21)18(25-24-17(12)14)19(26)22-11-5-3-6-11/h4,7-11H,3,5-6H2,1-2H3,(H2,21,24)(H,22,26). The van der Waals surface area contributed by atoms with Crippen LogP contribution in [0.15, 0.2) is 30.3 Å². The number of carbonyl (C=O) groups excluding carboxylic acids is 1. The number of nitrogen functional groups attached to an aromatic ring is 1. The van der Waals surface area contributed by atoms with Crippen LogP contribution in [0, 0.1) is 0 Å². The van der Waals surface area contributed by atoms with E-state index in [1.807, 2.05) is 24.3 Å². The highest BCUT2D eigenvalue weighted by molar-refractivity contribution is 6.07. The van der Waals surface area contributed by atoms with Crippen molar-refractivity contribution in [3.8, 4) is 22.9 Å². The van der Waals surface area contributed by atoms with Gasteiger partial charge in [0, 0.05) is 28.6 Å². The van der Waals surface area contributed by atoms with Crippen molar-refractivity contribution in [2.24, 2.45) is 0 Å². The van der Waals surface area contributed by atoms with E-state index in [9.17, 15) is 4.79 Å². The highest BCUT2D eigenvalue weighted by Gasteiger charge is 2.24. The first-order valence-electron chi connectivity index (χ1n) is 9.07. The van der Waals surface area contributed by atoms with Gasteiger partial charge >= 0.3 is 0 Å². The van der Waals surface area contributed by atoms with Gasteiger partial charge in [-0.3, -0.25) is 4.79 Å². The smallest absolute Gasteiger partial charge is 0.274 e. The van der Waals surface area contributed by atoms with Gasteiger partial charge in [0.25, 0.3) is 5.91 Å². The fourth-order valence-electron chi connectivity index (χ4n) is 3.24. The third-order valence-corrected chi connectivity index (χ3v) is 5.01. The van der Waals surface area contributed by atoms with Gasteiger partial charge in [-0.05, 0) is 25.3 Å². The molecule has 0 atom stereocenters. The number of hydrogen-bond acceptors (Lipinski definition) is 7. The number of methoxy groups -OCH3 is 2. The molecular weight excluding hydrogens is 358 g/mol. The minimum absolute atomic E-state index is 0.149. The van der Waals surface area contributed by atoms with Crippen LogP contribution < -0.4 is 20.5 Å². The Balaban J connectivity index is 1.79. The number of hydrogen-bond donors (Lipinski definition) is 2. The van der Waals surface area contributed by atoms with Crippen molar-refractivity contribution in [3.63, 3.8) is 0 Å². The number of nitrogens with two attached hydrogens (primary N) is 1. The second-order valence-electron chi connectivity index (χ2n) is 6.68. The summed E-state index contributed by atoms with van der Waals surface area (Å²) in [6.45, 7) is 0. The zero-order chi connectivity index (χ0) is 19.7. The molecule has 8 nitrogen and oxygen atoms in total. The molecule has 1 aromatic carbocycles. The molecule has 0 radical (unpaired) electrons. The van der Waals surface area contributed by atoms with Crippen LogP contribution in [-0.2, 0) is 0 Å². The molecule has 0 aliphatic heterocycles. The van der Waals surface area contributed by atoms with Gasteiger partial charge in [0.15, 0.2) is 5.69 Å². The predicted molar refractivity (Wildman–Crippen MR) is 105 cm³/mol. The number of fused-ring (bicyclic) bond motifs is 1. The van der Waals surface area contributed by atoms with Crippen molar-refractivity contribution in [1.82, 2.24) is 20.5 Å². The van der Waals surface area contributed by atoms with Gasteiger partial charge in [0.05, 0.1) is 19.9 Å². The van der Waals surface area contributed by atoms with Crippen LogP contribution >= 0.6 is 0 Å². The maximum Gasteiger partial charge on any atom is 0.274 e. The molecule has 1 amide bonds. The first-order chi connectivity index (χ1) is 13.6. The molecule has 0 unspecified atom stereocenters. The Morgan fingerprint density at radius 2 is 1.93 bits per heavy atom. The number of rotatable bonds is 5. The molecule has 0 bridgehead atoms. The quantitative estimate of drug-likeness (QED) is 0.700. The molecule has 4 rings (SSSR count). The van der Waals surface area contributed by atoms with Crippen molar-refractivity contribution in [2.75, 3.05) is 20.0 Å². The van der Waals surface area contributed by atoms with Crippen molar-refractivity contribution in [1.29, 1.82) is 0 Å². The van der Waals surface area contributed by atoms with E-state index in [2.05, 4.69) is 20.5 Å². The van der Waals surface area contributed by atoms with Crippen LogP contribution in [0.5, 0.6) is 11.8 Å². The Bertz CT molecular complexity index is 1050. The lowest BCUT2D eigenvalue weighted by molar-refractivity contribution is 0.0912. The molecule has 0 saturated heterocycles. The van der Waals surface area contributed by atoms with Crippen LogP contribution in [0.1, 0.15) is 29.8 Å². The lowest BCUT2D eigenvalue weighted by Gasteiger charge is -2.26. The number of ether oxygens (including phenoxy) is 2. The third kappa shape index (κ3) is 3.06. The number of carbonyl (C=O) groups is 1. The molecule has 144 valence electrons. The van der Waals surface area contributed by atoms with Gasteiger partial charge in [-0.2, -0.15) is 4.98 Å². The van der Waals surface area contributed by atoms with Crippen molar-refractivity contribution in [3.05, 3.63) is 36.0 Å². The number of anilines is 1. The van der Waals surface area contributed by atoms with E-state index in [1.54, 1.807) is 20.3 Å². The first-order valence-corrected chi connectivity index (χ1v) is 9.07. The number of nitrogens with zero attached hydrogens (tertiary/aromatic N) is 3. The Morgan fingerprint density at radius 3 is 2.61 bits per heavy atom. The average Bonchev–Trinajstić information content (AvgIpc) is 2.70. The number of nitrogens with one attached hydrogen (secondary N) is 1. The van der Waals surface area contributed by atoms with Crippen LogP contribution in [-0.4, -0.2) is 41.3 Å².